The Morgan fingerprint density at radius 1 is 1.36 bits per heavy atom. The topological polar surface area (TPSA) is 33.1 Å². The van der Waals surface area contributed by atoms with E-state index >= 15 is 0 Å². The second-order valence-electron chi connectivity index (χ2n) is 5.08. The van der Waals surface area contributed by atoms with Crippen LogP contribution in [0, 0.1) is 12.3 Å². The largest absolute Gasteiger partial charge is 0.389 e. The van der Waals surface area contributed by atoms with Crippen molar-refractivity contribution in [2.45, 2.75) is 46.6 Å². The van der Waals surface area contributed by atoms with E-state index in [1.165, 1.54) is 0 Å². The Morgan fingerprint density at radius 2 is 1.93 bits per heavy atom. The van der Waals surface area contributed by atoms with Gasteiger partial charge in [0.2, 0.25) is 0 Å². The van der Waals surface area contributed by atoms with E-state index in [0.29, 0.717) is 6.42 Å². The van der Waals surface area contributed by atoms with Gasteiger partial charge in [0, 0.05) is 17.5 Å². The number of aryl methyl sites for hydroxylation is 1. The summed E-state index contributed by atoms with van der Waals surface area (Å²) in [5, 5.41) is 13.3. The van der Waals surface area contributed by atoms with Gasteiger partial charge in [0.05, 0.1) is 10.6 Å². The predicted octanol–water partition coefficient (Wildman–Crippen LogP) is 2.79. The Hall–Kier alpha value is -0.410. The van der Waals surface area contributed by atoms with Gasteiger partial charge in [-0.05, 0) is 19.3 Å². The zero-order valence-electron chi connectivity index (χ0n) is 9.59. The number of hydrogen-bond donors (Lipinski definition) is 1. The predicted molar refractivity (Wildman–Crippen MR) is 60.6 cm³/mol. The highest BCUT2D eigenvalue weighted by Crippen LogP contribution is 2.33. The van der Waals surface area contributed by atoms with Crippen LogP contribution in [-0.2, 0) is 6.42 Å². The summed E-state index contributed by atoms with van der Waals surface area (Å²) in [6.45, 7) is 10.0. The van der Waals surface area contributed by atoms with Gasteiger partial charge in [0.1, 0.15) is 0 Å². The fourth-order valence-electron chi connectivity index (χ4n) is 1.04. The van der Waals surface area contributed by atoms with Gasteiger partial charge in [0.25, 0.3) is 0 Å². The van der Waals surface area contributed by atoms with Crippen molar-refractivity contribution in [2.75, 3.05) is 0 Å². The van der Waals surface area contributed by atoms with Gasteiger partial charge in [-0.25, -0.2) is 4.98 Å². The molecule has 3 heteroatoms. The van der Waals surface area contributed by atoms with E-state index < -0.39 is 5.60 Å². The molecule has 0 amide bonds. The zero-order chi connectivity index (χ0) is 11.0. The van der Waals surface area contributed by atoms with Gasteiger partial charge in [-0.2, -0.15) is 0 Å². The molecule has 1 rings (SSSR count). The summed E-state index contributed by atoms with van der Waals surface area (Å²) in [7, 11) is 0. The zero-order valence-corrected chi connectivity index (χ0v) is 10.4. The molecule has 0 bridgehead atoms. The summed E-state index contributed by atoms with van der Waals surface area (Å²) < 4.78 is 0. The third-order valence-electron chi connectivity index (χ3n) is 2.78. The van der Waals surface area contributed by atoms with Crippen molar-refractivity contribution in [3.63, 3.8) is 0 Å². The Balaban J connectivity index is 2.78. The summed E-state index contributed by atoms with van der Waals surface area (Å²) in [5.41, 5.74) is 0.221. The number of hydrogen-bond acceptors (Lipinski definition) is 3. The molecule has 1 unspecified atom stereocenters. The smallest absolute Gasteiger partial charge is 0.0956 e. The molecule has 0 aromatic carbocycles. The van der Waals surface area contributed by atoms with Gasteiger partial charge in [-0.15, -0.1) is 11.3 Å². The summed E-state index contributed by atoms with van der Waals surface area (Å²) in [6.07, 6.45) is 0.634. The monoisotopic (exact) mass is 213 g/mol. The molecule has 0 spiro atoms. The van der Waals surface area contributed by atoms with Crippen LogP contribution in [0.2, 0.25) is 0 Å². The molecule has 0 saturated heterocycles. The van der Waals surface area contributed by atoms with E-state index in [-0.39, 0.29) is 5.41 Å². The van der Waals surface area contributed by atoms with Gasteiger partial charge in [-0.1, -0.05) is 20.8 Å². The molecule has 1 atom stereocenters. The Kier molecular flexibility index (Phi) is 3.02. The van der Waals surface area contributed by atoms with E-state index in [4.69, 9.17) is 0 Å². The lowest BCUT2D eigenvalue weighted by atomic mass is 9.76. The Labute approximate surface area is 90.0 Å². The van der Waals surface area contributed by atoms with E-state index in [0.717, 1.165) is 10.7 Å². The highest BCUT2D eigenvalue weighted by Gasteiger charge is 2.35. The first-order valence-corrected chi connectivity index (χ1v) is 5.74. The van der Waals surface area contributed by atoms with Crippen molar-refractivity contribution in [2.24, 2.45) is 5.41 Å². The number of aromatic nitrogens is 1. The van der Waals surface area contributed by atoms with Crippen LogP contribution in [0.15, 0.2) is 5.38 Å². The minimum absolute atomic E-state index is 0.118. The average Bonchev–Trinajstić information content (AvgIpc) is 2.31. The van der Waals surface area contributed by atoms with Crippen molar-refractivity contribution in [3.8, 4) is 0 Å². The average molecular weight is 213 g/mol. The maximum Gasteiger partial charge on any atom is 0.0956 e. The van der Waals surface area contributed by atoms with Crippen molar-refractivity contribution in [3.05, 3.63) is 16.1 Å². The first kappa shape index (κ1) is 11.7. The third kappa shape index (κ3) is 2.55. The second-order valence-corrected chi connectivity index (χ2v) is 6.03. The lowest BCUT2D eigenvalue weighted by molar-refractivity contribution is -0.0405. The minimum atomic E-state index is -0.697. The molecule has 0 aliphatic heterocycles. The summed E-state index contributed by atoms with van der Waals surface area (Å²) >= 11 is 1.62. The van der Waals surface area contributed by atoms with E-state index in [1.807, 2.05) is 40.0 Å². The molecule has 0 fully saturated rings. The molecule has 1 heterocycles. The van der Waals surface area contributed by atoms with Crippen LogP contribution in [0.3, 0.4) is 0 Å². The van der Waals surface area contributed by atoms with Crippen molar-refractivity contribution in [1.29, 1.82) is 0 Å². The quantitative estimate of drug-likeness (QED) is 0.819. The fraction of sp³-hybridized carbons (Fsp3) is 0.727. The molecular formula is C11H19NOS. The van der Waals surface area contributed by atoms with Gasteiger partial charge < -0.3 is 5.11 Å². The molecule has 1 N–H and O–H groups in total. The number of nitrogens with zero attached hydrogens (tertiary/aromatic N) is 1. The third-order valence-corrected chi connectivity index (χ3v) is 3.74. The van der Waals surface area contributed by atoms with Gasteiger partial charge in [-0.3, -0.25) is 0 Å². The van der Waals surface area contributed by atoms with Crippen LogP contribution >= 0.6 is 11.3 Å². The lowest BCUT2D eigenvalue weighted by Crippen LogP contribution is -2.41. The number of thiazole rings is 1. The summed E-state index contributed by atoms with van der Waals surface area (Å²) in [5.74, 6) is 0. The normalized spacial score (nSPS) is 16.7. The van der Waals surface area contributed by atoms with Crippen LogP contribution in [0.5, 0.6) is 0 Å². The van der Waals surface area contributed by atoms with Gasteiger partial charge in [0.15, 0.2) is 0 Å². The van der Waals surface area contributed by atoms with E-state index in [2.05, 4.69) is 4.98 Å². The van der Waals surface area contributed by atoms with Crippen molar-refractivity contribution in [1.82, 2.24) is 4.98 Å². The molecule has 0 aliphatic carbocycles. The SMILES string of the molecule is Cc1csc(CC(C)(O)C(C)(C)C)n1. The van der Waals surface area contributed by atoms with Gasteiger partial charge >= 0.3 is 0 Å². The molecule has 1 aromatic heterocycles. The van der Waals surface area contributed by atoms with E-state index in [9.17, 15) is 5.11 Å². The standard InChI is InChI=1S/C11H19NOS/c1-8-7-14-9(12-8)6-11(5,13)10(2,3)4/h7,13H,6H2,1-5H3. The molecular weight excluding hydrogens is 194 g/mol. The number of aliphatic hydroxyl groups is 1. The van der Waals surface area contributed by atoms with Crippen molar-refractivity contribution >= 4 is 11.3 Å². The second kappa shape index (κ2) is 3.63. The van der Waals surface area contributed by atoms with Crippen LogP contribution in [0.4, 0.5) is 0 Å². The van der Waals surface area contributed by atoms with Crippen molar-refractivity contribution < 1.29 is 5.11 Å². The van der Waals surface area contributed by atoms with Crippen LogP contribution in [0.1, 0.15) is 38.4 Å². The van der Waals surface area contributed by atoms with Crippen LogP contribution < -0.4 is 0 Å². The summed E-state index contributed by atoms with van der Waals surface area (Å²) in [6, 6.07) is 0. The lowest BCUT2D eigenvalue weighted by Gasteiger charge is -2.36. The van der Waals surface area contributed by atoms with Crippen LogP contribution in [-0.4, -0.2) is 15.7 Å². The fourth-order valence-corrected chi connectivity index (χ4v) is 1.96. The molecule has 0 aliphatic rings. The Morgan fingerprint density at radius 3 is 2.29 bits per heavy atom. The molecule has 2 nitrogen and oxygen atoms in total. The first-order valence-electron chi connectivity index (χ1n) is 4.86. The first-order chi connectivity index (χ1) is 6.22. The number of rotatable bonds is 2. The highest BCUT2D eigenvalue weighted by molar-refractivity contribution is 7.09. The molecule has 14 heavy (non-hydrogen) atoms. The molecule has 0 radical (unpaired) electrons. The molecule has 80 valence electrons. The maximum atomic E-state index is 10.3. The maximum absolute atomic E-state index is 10.3. The molecule has 1 aromatic rings. The Bertz CT molecular complexity index is 309. The molecule has 0 saturated carbocycles. The highest BCUT2D eigenvalue weighted by atomic mass is 32.1. The summed E-state index contributed by atoms with van der Waals surface area (Å²) in [4.78, 5) is 4.37. The van der Waals surface area contributed by atoms with Crippen LogP contribution in [0.25, 0.3) is 0 Å². The van der Waals surface area contributed by atoms with E-state index in [1.54, 1.807) is 11.3 Å². The minimum Gasteiger partial charge on any atom is -0.389 e.